The molecule has 34 heavy (non-hydrogen) atoms. The van der Waals surface area contributed by atoms with Crippen molar-refractivity contribution < 1.29 is 4.79 Å². The van der Waals surface area contributed by atoms with Crippen molar-refractivity contribution in [2.75, 3.05) is 6.54 Å². The molecule has 0 spiro atoms. The van der Waals surface area contributed by atoms with E-state index in [1.54, 1.807) is 15.5 Å². The summed E-state index contributed by atoms with van der Waals surface area (Å²) in [5.74, 6) is 0.478. The molecule has 0 aliphatic carbocycles. The van der Waals surface area contributed by atoms with Gasteiger partial charge in [-0.1, -0.05) is 60.1 Å². The van der Waals surface area contributed by atoms with Crippen LogP contribution in [0.25, 0.3) is 16.6 Å². The third-order valence-electron chi connectivity index (χ3n) is 6.14. The number of hydrogen-bond acceptors (Lipinski definition) is 3. The van der Waals surface area contributed by atoms with Crippen LogP contribution >= 0.6 is 15.9 Å². The summed E-state index contributed by atoms with van der Waals surface area (Å²) in [4.78, 5) is 34.1. The molecule has 4 aromatic rings. The van der Waals surface area contributed by atoms with Gasteiger partial charge in [0.1, 0.15) is 5.82 Å². The molecule has 3 aromatic carbocycles. The quantitative estimate of drug-likeness (QED) is 0.288. The van der Waals surface area contributed by atoms with E-state index in [-0.39, 0.29) is 17.5 Å². The van der Waals surface area contributed by atoms with Crippen LogP contribution in [-0.2, 0) is 6.42 Å². The molecule has 5 nitrogen and oxygen atoms in total. The Morgan fingerprint density at radius 1 is 1.00 bits per heavy atom. The normalized spacial score (nSPS) is 12.0. The Labute approximate surface area is 208 Å². The van der Waals surface area contributed by atoms with E-state index >= 15 is 0 Å². The second-order valence-corrected chi connectivity index (χ2v) is 9.09. The van der Waals surface area contributed by atoms with E-state index in [0.29, 0.717) is 35.3 Å². The predicted molar refractivity (Wildman–Crippen MR) is 141 cm³/mol. The van der Waals surface area contributed by atoms with Crippen LogP contribution in [0.4, 0.5) is 0 Å². The third kappa shape index (κ3) is 4.55. The Morgan fingerprint density at radius 2 is 1.74 bits per heavy atom. The first-order valence-corrected chi connectivity index (χ1v) is 12.4. The van der Waals surface area contributed by atoms with Crippen molar-refractivity contribution in [1.82, 2.24) is 14.5 Å². The number of nitrogens with zero attached hydrogens (tertiary/aromatic N) is 3. The predicted octanol–water partition coefficient (Wildman–Crippen LogP) is 6.32. The molecule has 0 N–H and O–H groups in total. The first-order chi connectivity index (χ1) is 16.5. The van der Waals surface area contributed by atoms with Crippen molar-refractivity contribution in [3.05, 3.63) is 105 Å². The SMILES string of the molecule is CCc1ccc(-n2c(C(CC)N(CC)C(=O)c3cccc(Br)c3)nc3ccccc3c2=O)cc1. The number of aromatic nitrogens is 2. The van der Waals surface area contributed by atoms with Gasteiger partial charge in [0.05, 0.1) is 22.6 Å². The highest BCUT2D eigenvalue weighted by Crippen LogP contribution is 2.28. The van der Waals surface area contributed by atoms with Gasteiger partial charge in [-0.2, -0.15) is 0 Å². The molecule has 1 unspecified atom stereocenters. The zero-order valence-corrected chi connectivity index (χ0v) is 21.2. The highest BCUT2D eigenvalue weighted by atomic mass is 79.9. The van der Waals surface area contributed by atoms with Gasteiger partial charge in [-0.3, -0.25) is 14.2 Å². The lowest BCUT2D eigenvalue weighted by Gasteiger charge is -2.31. The number of benzene rings is 3. The maximum atomic E-state index is 13.7. The number of amides is 1. The second kappa shape index (κ2) is 10.3. The zero-order valence-electron chi connectivity index (χ0n) is 19.7. The zero-order chi connectivity index (χ0) is 24.2. The summed E-state index contributed by atoms with van der Waals surface area (Å²) in [6, 6.07) is 22.4. The van der Waals surface area contributed by atoms with Crippen molar-refractivity contribution in [2.45, 2.75) is 39.7 Å². The maximum Gasteiger partial charge on any atom is 0.266 e. The summed E-state index contributed by atoms with van der Waals surface area (Å²) < 4.78 is 2.52. The van der Waals surface area contributed by atoms with Gasteiger partial charge >= 0.3 is 0 Å². The number of aryl methyl sites for hydroxylation is 1. The standard InChI is InChI=1S/C28H28BrN3O2/c1-4-19-14-16-22(17-15-19)32-26(30-24-13-8-7-12-23(24)28(32)34)25(5-2)31(6-3)27(33)20-10-9-11-21(29)18-20/h7-18,25H,4-6H2,1-3H3. The number of rotatable bonds is 7. The van der Waals surface area contributed by atoms with E-state index in [4.69, 9.17) is 4.98 Å². The van der Waals surface area contributed by atoms with Crippen LogP contribution in [-0.4, -0.2) is 26.9 Å². The van der Waals surface area contributed by atoms with E-state index in [0.717, 1.165) is 16.6 Å². The molecule has 0 saturated heterocycles. The van der Waals surface area contributed by atoms with Gasteiger partial charge in [0.25, 0.3) is 11.5 Å². The molecule has 0 bridgehead atoms. The van der Waals surface area contributed by atoms with Crippen molar-refractivity contribution in [3.63, 3.8) is 0 Å². The smallest absolute Gasteiger partial charge is 0.266 e. The van der Waals surface area contributed by atoms with Gasteiger partial charge in [-0.05, 0) is 67.8 Å². The Balaban J connectivity index is 1.92. The van der Waals surface area contributed by atoms with Crippen molar-refractivity contribution in [1.29, 1.82) is 0 Å². The molecule has 0 radical (unpaired) electrons. The van der Waals surface area contributed by atoms with Crippen LogP contribution in [0.5, 0.6) is 0 Å². The molecule has 174 valence electrons. The summed E-state index contributed by atoms with van der Waals surface area (Å²) >= 11 is 3.46. The molecule has 0 aliphatic rings. The van der Waals surface area contributed by atoms with Crippen LogP contribution in [0, 0.1) is 0 Å². The fourth-order valence-corrected chi connectivity index (χ4v) is 4.74. The summed E-state index contributed by atoms with van der Waals surface area (Å²) in [6.07, 6.45) is 1.53. The lowest BCUT2D eigenvalue weighted by molar-refractivity contribution is 0.0672. The molecule has 0 saturated carbocycles. The van der Waals surface area contributed by atoms with Crippen LogP contribution < -0.4 is 5.56 Å². The third-order valence-corrected chi connectivity index (χ3v) is 6.63. The molecule has 1 atom stereocenters. The van der Waals surface area contributed by atoms with Gasteiger partial charge in [0.15, 0.2) is 0 Å². The molecular formula is C28H28BrN3O2. The average molecular weight is 518 g/mol. The minimum atomic E-state index is -0.375. The van der Waals surface area contributed by atoms with Crippen molar-refractivity contribution in [2.24, 2.45) is 0 Å². The fraction of sp³-hybridized carbons (Fsp3) is 0.250. The minimum Gasteiger partial charge on any atom is -0.329 e. The Kier molecular flexibility index (Phi) is 7.27. The highest BCUT2D eigenvalue weighted by Gasteiger charge is 2.28. The summed E-state index contributed by atoms with van der Waals surface area (Å²) in [5.41, 5.74) is 3.04. The summed E-state index contributed by atoms with van der Waals surface area (Å²) in [6.45, 7) is 6.57. The van der Waals surface area contributed by atoms with Gasteiger partial charge in [0.2, 0.25) is 0 Å². The number of carbonyl (C=O) groups excluding carboxylic acids is 1. The van der Waals surface area contributed by atoms with E-state index in [1.807, 2.05) is 80.6 Å². The number of halogens is 1. The first-order valence-electron chi connectivity index (χ1n) is 11.7. The summed E-state index contributed by atoms with van der Waals surface area (Å²) in [5, 5.41) is 0.557. The van der Waals surface area contributed by atoms with E-state index < -0.39 is 0 Å². The lowest BCUT2D eigenvalue weighted by Crippen LogP contribution is -2.38. The molecule has 4 rings (SSSR count). The van der Waals surface area contributed by atoms with Crippen LogP contribution in [0.1, 0.15) is 55.0 Å². The van der Waals surface area contributed by atoms with Gasteiger partial charge in [-0.15, -0.1) is 0 Å². The van der Waals surface area contributed by atoms with Gasteiger partial charge in [-0.25, -0.2) is 4.98 Å². The Bertz CT molecular complexity index is 1380. The number of fused-ring (bicyclic) bond motifs is 1. The summed E-state index contributed by atoms with van der Waals surface area (Å²) in [7, 11) is 0. The van der Waals surface area contributed by atoms with Gasteiger partial charge in [0, 0.05) is 16.6 Å². The molecule has 1 aromatic heterocycles. The Hall–Kier alpha value is -3.25. The van der Waals surface area contributed by atoms with Gasteiger partial charge < -0.3 is 4.90 Å². The first kappa shape index (κ1) is 23.9. The van der Waals surface area contributed by atoms with Crippen molar-refractivity contribution >= 4 is 32.7 Å². The lowest BCUT2D eigenvalue weighted by atomic mass is 10.1. The van der Waals surface area contributed by atoms with E-state index in [1.165, 1.54) is 5.56 Å². The largest absolute Gasteiger partial charge is 0.329 e. The highest BCUT2D eigenvalue weighted by molar-refractivity contribution is 9.10. The fourth-order valence-electron chi connectivity index (χ4n) is 4.34. The number of carbonyl (C=O) groups is 1. The molecule has 6 heteroatoms. The van der Waals surface area contributed by atoms with E-state index in [9.17, 15) is 9.59 Å². The number of para-hydroxylation sites is 1. The van der Waals surface area contributed by atoms with Crippen LogP contribution in [0.15, 0.2) is 82.1 Å². The number of hydrogen-bond donors (Lipinski definition) is 0. The van der Waals surface area contributed by atoms with Crippen LogP contribution in [0.3, 0.4) is 0 Å². The topological polar surface area (TPSA) is 55.2 Å². The van der Waals surface area contributed by atoms with E-state index in [2.05, 4.69) is 22.9 Å². The molecule has 1 heterocycles. The molecule has 1 amide bonds. The van der Waals surface area contributed by atoms with Crippen LogP contribution in [0.2, 0.25) is 0 Å². The van der Waals surface area contributed by atoms with Crippen molar-refractivity contribution in [3.8, 4) is 5.69 Å². The molecular weight excluding hydrogens is 490 g/mol. The Morgan fingerprint density at radius 3 is 2.38 bits per heavy atom. The second-order valence-electron chi connectivity index (χ2n) is 8.17. The molecule has 0 aliphatic heterocycles. The average Bonchev–Trinajstić information content (AvgIpc) is 2.87. The minimum absolute atomic E-state index is 0.0917. The maximum absolute atomic E-state index is 13.7. The monoisotopic (exact) mass is 517 g/mol. The molecule has 0 fully saturated rings.